The smallest absolute Gasteiger partial charge is 0.240 e. The highest BCUT2D eigenvalue weighted by Gasteiger charge is 2.16. The molecule has 0 N–H and O–H groups in total. The molecule has 0 bridgehead atoms. The molecule has 0 spiro atoms. The fourth-order valence-corrected chi connectivity index (χ4v) is 1.69. The summed E-state index contributed by atoms with van der Waals surface area (Å²) >= 11 is 0. The van der Waals surface area contributed by atoms with Crippen LogP contribution in [0.4, 0.5) is 0 Å². The Labute approximate surface area is 98.2 Å². The van der Waals surface area contributed by atoms with Gasteiger partial charge in [0.05, 0.1) is 26.0 Å². The molecule has 0 saturated carbocycles. The van der Waals surface area contributed by atoms with Crippen LogP contribution in [0.25, 0.3) is 5.78 Å². The van der Waals surface area contributed by atoms with E-state index in [4.69, 9.17) is 9.47 Å². The Morgan fingerprint density at radius 2 is 2.12 bits per heavy atom. The number of hydrogen-bond donors (Lipinski definition) is 0. The van der Waals surface area contributed by atoms with Crippen molar-refractivity contribution in [3.05, 3.63) is 17.5 Å². The second kappa shape index (κ2) is 4.40. The molecule has 0 radical (unpaired) electrons. The van der Waals surface area contributed by atoms with E-state index in [0.29, 0.717) is 35.3 Å². The molecule has 0 aliphatic rings. The van der Waals surface area contributed by atoms with Gasteiger partial charge in [-0.05, 0) is 6.42 Å². The van der Waals surface area contributed by atoms with Crippen LogP contribution >= 0.6 is 0 Å². The first-order valence-electron chi connectivity index (χ1n) is 5.20. The van der Waals surface area contributed by atoms with Crippen molar-refractivity contribution in [2.24, 2.45) is 0 Å². The van der Waals surface area contributed by atoms with Crippen LogP contribution in [0.3, 0.4) is 0 Å². The lowest BCUT2D eigenvalue weighted by atomic mass is 10.3. The average Bonchev–Trinajstić information content (AvgIpc) is 2.74. The minimum absolute atomic E-state index is 0.402. The summed E-state index contributed by atoms with van der Waals surface area (Å²) in [7, 11) is 3.04. The quantitative estimate of drug-likeness (QED) is 0.743. The molecule has 0 aliphatic carbocycles. The number of hydrogen-bond acceptors (Lipinski definition) is 5. The molecule has 0 amide bonds. The van der Waals surface area contributed by atoms with E-state index in [0.717, 1.165) is 6.29 Å². The topological polar surface area (TPSA) is 65.7 Å². The number of rotatable bonds is 4. The maximum absolute atomic E-state index is 11.1. The van der Waals surface area contributed by atoms with Gasteiger partial charge in [-0.2, -0.15) is 4.98 Å². The number of imidazole rings is 1. The van der Waals surface area contributed by atoms with Gasteiger partial charge in [-0.25, -0.2) is 9.38 Å². The van der Waals surface area contributed by atoms with E-state index in [1.54, 1.807) is 10.5 Å². The van der Waals surface area contributed by atoms with E-state index in [9.17, 15) is 4.79 Å². The van der Waals surface area contributed by atoms with Crippen LogP contribution < -0.4 is 9.47 Å². The maximum Gasteiger partial charge on any atom is 0.240 e. The molecule has 0 saturated heterocycles. The van der Waals surface area contributed by atoms with Crippen LogP contribution in [-0.4, -0.2) is 34.9 Å². The predicted octanol–water partition coefficient (Wildman–Crippen LogP) is 1.12. The van der Waals surface area contributed by atoms with Gasteiger partial charge >= 0.3 is 0 Å². The first kappa shape index (κ1) is 11.4. The first-order chi connectivity index (χ1) is 8.24. The van der Waals surface area contributed by atoms with Crippen molar-refractivity contribution in [3.63, 3.8) is 0 Å². The van der Waals surface area contributed by atoms with Gasteiger partial charge in [0, 0.05) is 0 Å². The number of aldehydes is 1. The van der Waals surface area contributed by atoms with Gasteiger partial charge in [-0.15, -0.1) is 0 Å². The Morgan fingerprint density at radius 3 is 2.65 bits per heavy atom. The van der Waals surface area contributed by atoms with Crippen LogP contribution in [0.5, 0.6) is 11.8 Å². The molecule has 0 aromatic carbocycles. The molecule has 90 valence electrons. The van der Waals surface area contributed by atoms with E-state index in [1.165, 1.54) is 14.2 Å². The van der Waals surface area contributed by atoms with Gasteiger partial charge in [0.2, 0.25) is 17.5 Å². The highest BCUT2D eigenvalue weighted by molar-refractivity contribution is 5.76. The van der Waals surface area contributed by atoms with Crippen molar-refractivity contribution in [1.29, 1.82) is 0 Å². The normalized spacial score (nSPS) is 10.5. The largest absolute Gasteiger partial charge is 0.482 e. The van der Waals surface area contributed by atoms with E-state index in [-0.39, 0.29) is 0 Å². The SMILES string of the molecule is CCc1nc2nc(OC)cc(OC)n2c1C=O. The van der Waals surface area contributed by atoms with Crippen LogP contribution in [0.15, 0.2) is 6.07 Å². The predicted molar refractivity (Wildman–Crippen MR) is 60.9 cm³/mol. The molecular formula is C11H13N3O3. The second-order valence-corrected chi connectivity index (χ2v) is 3.39. The van der Waals surface area contributed by atoms with Crippen molar-refractivity contribution in [3.8, 4) is 11.8 Å². The van der Waals surface area contributed by atoms with Crippen molar-refractivity contribution in [1.82, 2.24) is 14.4 Å². The molecule has 2 aromatic rings. The number of carbonyl (C=O) groups excluding carboxylic acids is 1. The lowest BCUT2D eigenvalue weighted by Crippen LogP contribution is -2.01. The molecule has 0 aliphatic heterocycles. The summed E-state index contributed by atoms with van der Waals surface area (Å²) in [6.07, 6.45) is 1.42. The maximum atomic E-state index is 11.1. The minimum Gasteiger partial charge on any atom is -0.482 e. The first-order valence-corrected chi connectivity index (χ1v) is 5.20. The molecule has 0 atom stereocenters. The van der Waals surface area contributed by atoms with Crippen molar-refractivity contribution in [2.45, 2.75) is 13.3 Å². The van der Waals surface area contributed by atoms with Crippen molar-refractivity contribution >= 4 is 12.1 Å². The summed E-state index contributed by atoms with van der Waals surface area (Å²) in [6.45, 7) is 1.93. The average molecular weight is 235 g/mol. The third kappa shape index (κ3) is 1.71. The number of nitrogens with zero attached hydrogens (tertiary/aromatic N) is 3. The van der Waals surface area contributed by atoms with E-state index in [1.807, 2.05) is 6.92 Å². The lowest BCUT2D eigenvalue weighted by molar-refractivity contribution is 0.111. The summed E-state index contributed by atoms with van der Waals surface area (Å²) in [5, 5.41) is 0. The molecular weight excluding hydrogens is 222 g/mol. The number of ether oxygens (including phenoxy) is 2. The fraction of sp³-hybridized carbons (Fsp3) is 0.364. The minimum atomic E-state index is 0.402. The zero-order chi connectivity index (χ0) is 12.4. The number of aryl methyl sites for hydroxylation is 1. The summed E-state index contributed by atoms with van der Waals surface area (Å²) in [4.78, 5) is 19.6. The van der Waals surface area contributed by atoms with Gasteiger partial charge in [0.25, 0.3) is 0 Å². The second-order valence-electron chi connectivity index (χ2n) is 3.39. The van der Waals surface area contributed by atoms with Crippen LogP contribution in [0.1, 0.15) is 23.1 Å². The van der Waals surface area contributed by atoms with Gasteiger partial charge in [0.15, 0.2) is 6.29 Å². The Hall–Kier alpha value is -2.11. The lowest BCUT2D eigenvalue weighted by Gasteiger charge is -2.06. The molecule has 6 heteroatoms. The van der Waals surface area contributed by atoms with Gasteiger partial charge < -0.3 is 9.47 Å². The van der Waals surface area contributed by atoms with Crippen LogP contribution in [0, 0.1) is 0 Å². The van der Waals surface area contributed by atoms with Gasteiger partial charge in [-0.1, -0.05) is 6.92 Å². The van der Waals surface area contributed by atoms with Crippen molar-refractivity contribution in [2.75, 3.05) is 14.2 Å². The van der Waals surface area contributed by atoms with Gasteiger partial charge in [-0.3, -0.25) is 4.79 Å². The number of aromatic nitrogens is 3. The standard InChI is InChI=1S/C11H13N3O3/c1-4-7-8(6-15)14-10(17-3)5-9(16-2)13-11(14)12-7/h5-6H,4H2,1-3H3. The molecule has 17 heavy (non-hydrogen) atoms. The Bertz CT molecular complexity index is 563. The monoisotopic (exact) mass is 235 g/mol. The van der Waals surface area contributed by atoms with E-state index >= 15 is 0 Å². The van der Waals surface area contributed by atoms with Crippen molar-refractivity contribution < 1.29 is 14.3 Å². The van der Waals surface area contributed by atoms with Crippen LogP contribution in [-0.2, 0) is 6.42 Å². The summed E-state index contributed by atoms with van der Waals surface area (Å²) < 4.78 is 11.8. The molecule has 0 unspecified atom stereocenters. The Kier molecular flexibility index (Phi) is 2.95. The van der Waals surface area contributed by atoms with Gasteiger partial charge in [0.1, 0.15) is 5.69 Å². The Morgan fingerprint density at radius 1 is 1.35 bits per heavy atom. The summed E-state index contributed by atoms with van der Waals surface area (Å²) in [5.74, 6) is 1.28. The van der Waals surface area contributed by atoms with E-state index < -0.39 is 0 Å². The zero-order valence-electron chi connectivity index (χ0n) is 9.93. The Balaban J connectivity index is 2.82. The number of methoxy groups -OCH3 is 2. The third-order valence-corrected chi connectivity index (χ3v) is 2.51. The molecule has 2 heterocycles. The number of carbonyl (C=O) groups is 1. The van der Waals surface area contributed by atoms with Crippen LogP contribution in [0.2, 0.25) is 0 Å². The molecule has 6 nitrogen and oxygen atoms in total. The molecule has 2 rings (SSSR count). The fourth-order valence-electron chi connectivity index (χ4n) is 1.69. The third-order valence-electron chi connectivity index (χ3n) is 2.51. The zero-order valence-corrected chi connectivity index (χ0v) is 9.93. The number of fused-ring (bicyclic) bond motifs is 1. The molecule has 2 aromatic heterocycles. The summed E-state index contributed by atoms with van der Waals surface area (Å²) in [6, 6.07) is 1.61. The highest BCUT2D eigenvalue weighted by Crippen LogP contribution is 2.22. The molecule has 0 fully saturated rings. The van der Waals surface area contributed by atoms with E-state index in [2.05, 4.69) is 9.97 Å². The summed E-state index contributed by atoms with van der Waals surface area (Å²) in [5.41, 5.74) is 1.16. The highest BCUT2D eigenvalue weighted by atomic mass is 16.5.